The monoisotopic (exact) mass is 202 g/mol. The molecule has 0 aliphatic carbocycles. The Balaban J connectivity index is 2.58. The molecule has 0 saturated carbocycles. The highest BCUT2D eigenvalue weighted by Gasteiger charge is 2.13. The summed E-state index contributed by atoms with van der Waals surface area (Å²) < 4.78 is 0. The van der Waals surface area contributed by atoms with Crippen molar-refractivity contribution in [2.45, 2.75) is 0 Å². The van der Waals surface area contributed by atoms with Crippen LogP contribution in [0.1, 0.15) is 10.5 Å². The summed E-state index contributed by atoms with van der Waals surface area (Å²) in [5.41, 5.74) is 0.931. The van der Waals surface area contributed by atoms with Crippen LogP contribution >= 0.6 is 0 Å². The first-order valence-electron chi connectivity index (χ1n) is 4.07. The van der Waals surface area contributed by atoms with Gasteiger partial charge in [0.2, 0.25) is 0 Å². The summed E-state index contributed by atoms with van der Waals surface area (Å²) >= 11 is 0. The predicted octanol–water partition coefficient (Wildman–Crippen LogP) is 0.632. The number of aromatic carboxylic acids is 1. The third-order valence-electron chi connectivity index (χ3n) is 1.79. The van der Waals surface area contributed by atoms with E-state index in [4.69, 9.17) is 5.11 Å². The molecular formula is C9H6N4O2. The molecule has 0 bridgehead atoms. The van der Waals surface area contributed by atoms with Crippen molar-refractivity contribution in [2.75, 3.05) is 0 Å². The lowest BCUT2D eigenvalue weighted by molar-refractivity contribution is 0.0691. The standard InChI is InChI=1S/C9H6N4O2/c14-9(15)8-7(3-12-5-13-8)6-1-10-4-11-2-6/h1-5H,(H,14,15). The van der Waals surface area contributed by atoms with Crippen LogP contribution in [0.2, 0.25) is 0 Å². The van der Waals surface area contributed by atoms with Crippen molar-refractivity contribution in [1.29, 1.82) is 0 Å². The van der Waals surface area contributed by atoms with E-state index in [1.807, 2.05) is 0 Å². The van der Waals surface area contributed by atoms with Crippen LogP contribution < -0.4 is 0 Å². The van der Waals surface area contributed by atoms with Gasteiger partial charge in [-0.3, -0.25) is 0 Å². The predicted molar refractivity (Wildman–Crippen MR) is 50.0 cm³/mol. The molecule has 0 atom stereocenters. The Labute approximate surface area is 84.7 Å². The Morgan fingerprint density at radius 1 is 1.07 bits per heavy atom. The first-order chi connectivity index (χ1) is 7.29. The average molecular weight is 202 g/mol. The Kier molecular flexibility index (Phi) is 2.32. The molecule has 0 radical (unpaired) electrons. The molecule has 0 aromatic carbocycles. The summed E-state index contributed by atoms with van der Waals surface area (Å²) in [6.45, 7) is 0. The minimum absolute atomic E-state index is 0.0557. The fourth-order valence-corrected chi connectivity index (χ4v) is 1.15. The lowest BCUT2D eigenvalue weighted by Gasteiger charge is -2.02. The molecular weight excluding hydrogens is 196 g/mol. The Morgan fingerprint density at radius 2 is 1.73 bits per heavy atom. The third kappa shape index (κ3) is 1.78. The van der Waals surface area contributed by atoms with E-state index in [2.05, 4.69) is 19.9 Å². The number of carboxylic acid groups (broad SMARTS) is 1. The molecule has 1 N–H and O–H groups in total. The topological polar surface area (TPSA) is 88.9 Å². The molecule has 0 spiro atoms. The lowest BCUT2D eigenvalue weighted by atomic mass is 10.1. The largest absolute Gasteiger partial charge is 0.476 e. The van der Waals surface area contributed by atoms with Crippen molar-refractivity contribution in [1.82, 2.24) is 19.9 Å². The highest BCUT2D eigenvalue weighted by Crippen LogP contribution is 2.18. The minimum Gasteiger partial charge on any atom is -0.476 e. The third-order valence-corrected chi connectivity index (χ3v) is 1.79. The van der Waals surface area contributed by atoms with Crippen LogP contribution in [0.4, 0.5) is 0 Å². The average Bonchev–Trinajstić information content (AvgIpc) is 2.30. The van der Waals surface area contributed by atoms with Crippen molar-refractivity contribution in [3.63, 3.8) is 0 Å². The molecule has 2 heterocycles. The van der Waals surface area contributed by atoms with Crippen LogP contribution in [0.3, 0.4) is 0 Å². The van der Waals surface area contributed by atoms with E-state index in [-0.39, 0.29) is 5.69 Å². The second-order valence-corrected chi connectivity index (χ2v) is 2.72. The first kappa shape index (κ1) is 9.20. The minimum atomic E-state index is -1.10. The van der Waals surface area contributed by atoms with Gasteiger partial charge in [-0.1, -0.05) is 0 Å². The second-order valence-electron chi connectivity index (χ2n) is 2.72. The van der Waals surface area contributed by atoms with Gasteiger partial charge in [0, 0.05) is 29.7 Å². The van der Waals surface area contributed by atoms with Crippen LogP contribution in [0.5, 0.6) is 0 Å². The zero-order valence-electron chi connectivity index (χ0n) is 7.53. The SMILES string of the molecule is O=C(O)c1ncncc1-c1cncnc1. The van der Waals surface area contributed by atoms with Gasteiger partial charge in [-0.25, -0.2) is 24.7 Å². The van der Waals surface area contributed by atoms with Gasteiger partial charge in [0.25, 0.3) is 0 Å². The Morgan fingerprint density at radius 3 is 2.40 bits per heavy atom. The van der Waals surface area contributed by atoms with E-state index >= 15 is 0 Å². The zero-order valence-corrected chi connectivity index (χ0v) is 7.53. The quantitative estimate of drug-likeness (QED) is 0.768. The Hall–Kier alpha value is -2.37. The lowest BCUT2D eigenvalue weighted by Crippen LogP contribution is -2.03. The van der Waals surface area contributed by atoms with Crippen molar-refractivity contribution < 1.29 is 9.90 Å². The second kappa shape index (κ2) is 3.79. The maximum atomic E-state index is 10.9. The van der Waals surface area contributed by atoms with Crippen molar-refractivity contribution in [2.24, 2.45) is 0 Å². The van der Waals surface area contributed by atoms with Gasteiger partial charge in [-0.05, 0) is 0 Å². The number of rotatable bonds is 2. The van der Waals surface area contributed by atoms with E-state index < -0.39 is 5.97 Å². The normalized spacial score (nSPS) is 9.87. The maximum Gasteiger partial charge on any atom is 0.355 e. The van der Waals surface area contributed by atoms with E-state index in [1.54, 1.807) is 0 Å². The molecule has 15 heavy (non-hydrogen) atoms. The number of carboxylic acids is 1. The van der Waals surface area contributed by atoms with Gasteiger partial charge in [-0.15, -0.1) is 0 Å². The summed E-state index contributed by atoms with van der Waals surface area (Å²) in [5, 5.41) is 8.90. The zero-order chi connectivity index (χ0) is 10.7. The summed E-state index contributed by atoms with van der Waals surface area (Å²) in [6, 6.07) is 0. The summed E-state index contributed by atoms with van der Waals surface area (Å²) in [5.74, 6) is -1.10. The van der Waals surface area contributed by atoms with Crippen LogP contribution in [0.25, 0.3) is 11.1 Å². The van der Waals surface area contributed by atoms with Gasteiger partial charge >= 0.3 is 5.97 Å². The van der Waals surface area contributed by atoms with Gasteiger partial charge in [0.1, 0.15) is 12.7 Å². The molecule has 2 aromatic rings. The smallest absolute Gasteiger partial charge is 0.355 e. The summed E-state index contributed by atoms with van der Waals surface area (Å²) in [6.07, 6.45) is 7.01. The Bertz CT molecular complexity index is 486. The molecule has 6 nitrogen and oxygen atoms in total. The molecule has 0 unspecified atom stereocenters. The van der Waals surface area contributed by atoms with Gasteiger partial charge < -0.3 is 5.11 Å². The molecule has 6 heteroatoms. The highest BCUT2D eigenvalue weighted by atomic mass is 16.4. The number of hydrogen-bond donors (Lipinski definition) is 1. The molecule has 0 fully saturated rings. The molecule has 2 rings (SSSR count). The van der Waals surface area contributed by atoms with Gasteiger partial charge in [-0.2, -0.15) is 0 Å². The van der Waals surface area contributed by atoms with Crippen molar-refractivity contribution in [3.05, 3.63) is 36.9 Å². The number of nitrogens with zero attached hydrogens (tertiary/aromatic N) is 4. The number of hydrogen-bond acceptors (Lipinski definition) is 5. The van der Waals surface area contributed by atoms with Crippen LogP contribution in [-0.4, -0.2) is 31.0 Å². The molecule has 0 aliphatic heterocycles. The molecule has 0 saturated heterocycles. The van der Waals surface area contributed by atoms with Gasteiger partial charge in [0.05, 0.1) is 0 Å². The maximum absolute atomic E-state index is 10.9. The van der Waals surface area contributed by atoms with Crippen LogP contribution in [0, 0.1) is 0 Å². The van der Waals surface area contributed by atoms with E-state index in [0.29, 0.717) is 11.1 Å². The van der Waals surface area contributed by atoms with Crippen molar-refractivity contribution >= 4 is 5.97 Å². The van der Waals surface area contributed by atoms with E-state index in [1.165, 1.54) is 31.2 Å². The number of carbonyl (C=O) groups is 1. The molecule has 2 aromatic heterocycles. The number of aromatic nitrogens is 4. The van der Waals surface area contributed by atoms with E-state index in [9.17, 15) is 4.79 Å². The molecule has 74 valence electrons. The summed E-state index contributed by atoms with van der Waals surface area (Å²) in [7, 11) is 0. The molecule has 0 aliphatic rings. The fraction of sp³-hybridized carbons (Fsp3) is 0. The fourth-order valence-electron chi connectivity index (χ4n) is 1.15. The van der Waals surface area contributed by atoms with Crippen molar-refractivity contribution in [3.8, 4) is 11.1 Å². The van der Waals surface area contributed by atoms with E-state index in [0.717, 1.165) is 0 Å². The highest BCUT2D eigenvalue weighted by molar-refractivity contribution is 5.93. The van der Waals surface area contributed by atoms with Gasteiger partial charge in [0.15, 0.2) is 5.69 Å². The van der Waals surface area contributed by atoms with Crippen LogP contribution in [-0.2, 0) is 0 Å². The van der Waals surface area contributed by atoms with Crippen LogP contribution in [0.15, 0.2) is 31.2 Å². The molecule has 0 amide bonds. The first-order valence-corrected chi connectivity index (χ1v) is 4.07. The summed E-state index contributed by atoms with van der Waals surface area (Å²) in [4.78, 5) is 25.9.